The van der Waals surface area contributed by atoms with Crippen molar-refractivity contribution in [2.24, 2.45) is 22.5 Å². The van der Waals surface area contributed by atoms with Crippen molar-refractivity contribution >= 4 is 145 Å². The number of H-pyrrole nitrogens is 1. The summed E-state index contributed by atoms with van der Waals surface area (Å²) in [6, 6.07) is 17.7. The van der Waals surface area contributed by atoms with Crippen molar-refractivity contribution in [1.82, 2.24) is 57.2 Å². The van der Waals surface area contributed by atoms with E-state index in [1.54, 1.807) is 42.5 Å². The van der Waals surface area contributed by atoms with E-state index in [4.69, 9.17) is 50.0 Å². The fraction of sp³-hybridized carbons (Fsp3) is 0.430. The van der Waals surface area contributed by atoms with Gasteiger partial charge >= 0.3 is 53.9 Å². The summed E-state index contributed by atoms with van der Waals surface area (Å²) in [5.74, 6) is -22.4. The first-order valence-electron chi connectivity index (χ1n) is 41.4. The molecule has 2 bridgehead atoms. The lowest BCUT2D eigenvalue weighted by Crippen LogP contribution is -2.82. The molecule has 1 aliphatic heterocycles. The standard InChI is InChI=1S/C86H99N15O30S2/c1-41-55(128-79(122)64(109)62(44-17-10-7-11-18-44)99-71(112)45-19-12-8-13-20-45)36-86(124)68(130-78(121)47-21-14-9-15-22-47)66-84(6,67(110)65(127-42(2)102)61(41)83(86,4)5)56(35-57-85(66,40-126-57)131-43(3)103)129-82(123)125-31-32-132-133-39-54(77(119)120)98-74(115)53(34-60(107)108)97-72(113)50(23-16-30-90-80(87)88)95-73(114)52(33-59(105)106)94-58(104)29-28-51(76(117)118)96-70(111)46-24-26-48(27-25-46)91-37-49-38-92-69-63(93-49)75(116)101-81(89)100-69/h7-15,17-22,24-27,38,50-57,62,64-66,68,91,109,124H,16,23,28-37,39-40H2,1-6H3,(H,94,104)(H,95,114)(H,96,111)(H,97,113)(H,98,115)(H,99,112)(H,105,106)(H,107,108)(H,117,118)(H,119,120)(H4,87,88,90)(H3,89,92,100,101,116)/t50-,51-,52?,53-,54-,55-,56-,57+,62-,64+,65+,66?,68-,84+,85-,86+/m0/s1. The lowest BCUT2D eigenvalue weighted by molar-refractivity contribution is -0.346. The number of aromatic nitrogens is 4. The summed E-state index contributed by atoms with van der Waals surface area (Å²) in [7, 11) is 1.62. The van der Waals surface area contributed by atoms with Crippen LogP contribution in [0, 0.1) is 22.2 Å². The number of benzene rings is 4. The molecular formula is C86H99N15O30S2. The molecular weight excluding hydrogens is 1790 g/mol. The topological polar surface area (TPSA) is 703 Å². The van der Waals surface area contributed by atoms with E-state index in [1.807, 2.05) is 0 Å². The number of Topliss-reactive ketones (excluding diaryl/α,β-unsaturated/α-hetero) is 1. The van der Waals surface area contributed by atoms with E-state index in [-0.39, 0.29) is 75.8 Å². The van der Waals surface area contributed by atoms with Crippen molar-refractivity contribution in [1.29, 1.82) is 5.41 Å². The van der Waals surface area contributed by atoms with E-state index in [0.29, 0.717) is 11.4 Å². The quantitative estimate of drug-likeness (QED) is 0.00490. The molecule has 45 nitrogen and oxygen atoms in total. The van der Waals surface area contributed by atoms with E-state index >= 15 is 4.79 Å². The average Bonchev–Trinajstić information content (AvgIpc) is 0.665. The van der Waals surface area contributed by atoms with Crippen LogP contribution < -0.4 is 59.6 Å². The molecule has 0 spiro atoms. The number of aromatic amines is 1. The Bertz CT molecular complexity index is 5530. The molecule has 3 aliphatic carbocycles. The number of ketones is 1. The predicted octanol–water partition coefficient (Wildman–Crippen LogP) is 1.40. The number of guanidine groups is 1. The minimum atomic E-state index is -2.68. The van der Waals surface area contributed by atoms with Gasteiger partial charge in [-0.05, 0) is 98.4 Å². The number of aliphatic carboxylic acids is 4. The number of aliphatic hydroxyl groups excluding tert-OH is 1. The first kappa shape index (κ1) is 101. The van der Waals surface area contributed by atoms with E-state index in [0.717, 1.165) is 35.4 Å². The number of ether oxygens (including phenoxy) is 7. The van der Waals surface area contributed by atoms with E-state index in [2.05, 4.69) is 62.5 Å². The first-order chi connectivity index (χ1) is 63.0. The molecule has 6 aromatic rings. The minimum absolute atomic E-state index is 0.0153. The normalized spacial score (nSPS) is 21.8. The maximum atomic E-state index is 16.6. The third-order valence-corrected chi connectivity index (χ3v) is 25.4. The summed E-state index contributed by atoms with van der Waals surface area (Å²) in [4.78, 5) is 247. The number of carbonyl (C=O) groups excluding carboxylic acids is 12. The maximum absolute atomic E-state index is 16.6. The number of rotatable bonds is 42. The van der Waals surface area contributed by atoms with Gasteiger partial charge in [-0.1, -0.05) is 102 Å². The monoisotopic (exact) mass is 1890 g/mol. The van der Waals surface area contributed by atoms with Crippen molar-refractivity contribution < 1.29 is 141 Å². The second-order valence-corrected chi connectivity index (χ2v) is 34.9. The van der Waals surface area contributed by atoms with Gasteiger partial charge in [0, 0.05) is 73.4 Å². The smallest absolute Gasteiger partial charge is 0.481 e. The Morgan fingerprint density at radius 3 is 1.86 bits per heavy atom. The van der Waals surface area contributed by atoms with Crippen molar-refractivity contribution in [3.63, 3.8) is 0 Å². The molecule has 3 heterocycles. The highest BCUT2D eigenvalue weighted by Gasteiger charge is 2.79. The minimum Gasteiger partial charge on any atom is -0.481 e. The Morgan fingerprint density at radius 1 is 0.677 bits per heavy atom. The SMILES string of the molecule is CC(=O)O[C@H]1C(=O)[C@@]2(C)C([C@H](OC(=O)c3ccccc3)[C@]3(O)C[C@H](OC(=O)[C@H](O)[C@@H](NC(=O)c4ccccc4)c4ccccc4)C(C)=C1C3(C)C)[C@]1(OC(C)=O)CO[C@@H]1C[C@@H]2OC(=O)OCCSSC[C@H](NC(=O)[C@H](CC(=O)O)NC(=O)[C@H](CCCNC(=N)N)NC(=O)C(CC(=O)O)NC(=O)CC[C@H](NC(=O)c1ccc(NCc2cnc3nc(N)[nH]c(=O)c3n2)cc1)C(=O)O)C(=O)O. The van der Waals surface area contributed by atoms with Crippen molar-refractivity contribution in [2.45, 2.75) is 184 Å². The van der Waals surface area contributed by atoms with Crippen LogP contribution in [0.4, 0.5) is 16.4 Å². The van der Waals surface area contributed by atoms with Crippen molar-refractivity contribution in [2.75, 3.05) is 42.3 Å². The highest BCUT2D eigenvalue weighted by Crippen LogP contribution is 2.65. The number of fused-ring (bicyclic) bond motifs is 6. The van der Waals surface area contributed by atoms with Crippen molar-refractivity contribution in [3.8, 4) is 0 Å². The molecule has 4 aliphatic rings. The Kier molecular flexibility index (Phi) is 33.5. The third kappa shape index (κ3) is 24.5. The molecule has 2 saturated carbocycles. The number of aliphatic hydroxyl groups is 2. The number of nitrogens with one attached hydrogen (secondary N) is 10. The van der Waals surface area contributed by atoms with Gasteiger partial charge in [0.2, 0.25) is 29.6 Å². The second-order valence-electron chi connectivity index (χ2n) is 32.3. The van der Waals surface area contributed by atoms with Gasteiger partial charge in [-0.2, -0.15) is 4.98 Å². The number of amides is 6. The zero-order valence-corrected chi connectivity index (χ0v) is 73.9. The fourth-order valence-corrected chi connectivity index (χ4v) is 18.4. The van der Waals surface area contributed by atoms with Gasteiger partial charge in [-0.3, -0.25) is 67.9 Å². The summed E-state index contributed by atoms with van der Waals surface area (Å²) >= 11 is 0. The number of esters is 4. The van der Waals surface area contributed by atoms with Gasteiger partial charge in [0.25, 0.3) is 17.4 Å². The molecule has 47 heteroatoms. The highest BCUT2D eigenvalue weighted by atomic mass is 33.1. The van der Waals surface area contributed by atoms with Crippen LogP contribution in [0.2, 0.25) is 0 Å². The van der Waals surface area contributed by atoms with Crippen LogP contribution in [0.15, 0.2) is 137 Å². The summed E-state index contributed by atoms with van der Waals surface area (Å²) in [5.41, 5.74) is 2.04. The fourth-order valence-electron chi connectivity index (χ4n) is 16.4. The van der Waals surface area contributed by atoms with Gasteiger partial charge in [0.1, 0.15) is 66.8 Å². The van der Waals surface area contributed by atoms with Gasteiger partial charge in [-0.15, -0.1) is 0 Å². The zero-order valence-electron chi connectivity index (χ0n) is 72.2. The average molecular weight is 1890 g/mol. The van der Waals surface area contributed by atoms with Gasteiger partial charge in [-0.25, -0.2) is 33.9 Å². The lowest BCUT2D eigenvalue weighted by Gasteiger charge is -2.67. The number of nitrogen functional groups attached to an aromatic ring is 1. The van der Waals surface area contributed by atoms with Crippen LogP contribution >= 0.6 is 21.6 Å². The van der Waals surface area contributed by atoms with Crippen LogP contribution in [0.3, 0.4) is 0 Å². The van der Waals surface area contributed by atoms with Crippen LogP contribution in [0.5, 0.6) is 0 Å². The summed E-state index contributed by atoms with van der Waals surface area (Å²) < 4.78 is 42.8. The van der Waals surface area contributed by atoms with Crippen LogP contribution in [0.1, 0.15) is 141 Å². The molecule has 2 unspecified atom stereocenters. The summed E-state index contributed by atoms with van der Waals surface area (Å²) in [6.07, 6.45) is -17.1. The lowest BCUT2D eigenvalue weighted by atomic mass is 9.44. The number of hydrogen-bond donors (Lipinski definition) is 18. The van der Waals surface area contributed by atoms with Crippen LogP contribution in [-0.4, -0.2) is 261 Å². The highest BCUT2D eigenvalue weighted by molar-refractivity contribution is 8.76. The molecule has 4 aromatic carbocycles. The number of hydrogen-bond acceptors (Lipinski definition) is 34. The summed E-state index contributed by atoms with van der Waals surface area (Å²) in [5, 5.41) is 93.3. The van der Waals surface area contributed by atoms with E-state index in [1.165, 1.54) is 107 Å². The number of anilines is 2. The Hall–Kier alpha value is -14.2. The number of carboxylic acids is 4. The van der Waals surface area contributed by atoms with Gasteiger partial charge < -0.3 is 118 Å². The van der Waals surface area contributed by atoms with E-state index < -0.39 is 271 Å². The van der Waals surface area contributed by atoms with Gasteiger partial charge in [0.15, 0.2) is 40.7 Å². The van der Waals surface area contributed by atoms with Crippen LogP contribution in [0.25, 0.3) is 11.2 Å². The number of nitrogens with zero attached hydrogens (tertiary/aromatic N) is 3. The van der Waals surface area contributed by atoms with Gasteiger partial charge in [0.05, 0.1) is 60.8 Å². The number of carboxylic acid groups (broad SMARTS) is 4. The molecule has 1 saturated heterocycles. The second kappa shape index (κ2) is 44.2. The molecule has 16 atom stereocenters. The van der Waals surface area contributed by atoms with Crippen molar-refractivity contribution in [3.05, 3.63) is 171 Å². The molecule has 710 valence electrons. The molecule has 2 aromatic heterocycles. The molecule has 0 radical (unpaired) electrons. The Labute approximate surface area is 764 Å². The van der Waals surface area contributed by atoms with E-state index in [9.17, 15) is 107 Å². The Morgan fingerprint density at radius 2 is 1.26 bits per heavy atom. The molecule has 6 amide bonds. The zero-order chi connectivity index (χ0) is 97.1. The molecule has 10 rings (SSSR count). The Balaban J connectivity index is 0.797. The summed E-state index contributed by atoms with van der Waals surface area (Å²) in [6.45, 7) is 6.36. The third-order valence-electron chi connectivity index (χ3n) is 23.0. The van der Waals surface area contributed by atoms with Crippen LogP contribution in [-0.2, 0) is 97.2 Å². The molecule has 20 N–H and O–H groups in total. The predicted molar refractivity (Wildman–Crippen MR) is 466 cm³/mol. The largest absolute Gasteiger partial charge is 0.508 e. The number of carbonyl (C=O) groups is 16. The molecule has 133 heavy (non-hydrogen) atoms. The first-order valence-corrected chi connectivity index (χ1v) is 43.9. The maximum Gasteiger partial charge on any atom is 0.508 e. The molecule has 3 fully saturated rings. The number of nitrogens with two attached hydrogens (primary N) is 2.